The van der Waals surface area contributed by atoms with Gasteiger partial charge in [0.15, 0.2) is 0 Å². The van der Waals surface area contributed by atoms with Crippen molar-refractivity contribution >= 4 is 11.9 Å². The maximum absolute atomic E-state index is 12.5. The van der Waals surface area contributed by atoms with Crippen molar-refractivity contribution in [1.29, 1.82) is 0 Å². The highest BCUT2D eigenvalue weighted by Crippen LogP contribution is 2.16. The lowest BCUT2D eigenvalue weighted by Crippen LogP contribution is -2.45. The first-order valence-corrected chi connectivity index (χ1v) is 28.7. The molecule has 0 aliphatic heterocycles. The van der Waals surface area contributed by atoms with Gasteiger partial charge in [-0.15, -0.1) is 0 Å². The standard InChI is InChI=1S/C59H111NO5/c1-3-5-7-9-11-13-15-17-19-21-25-29-33-37-41-45-49-53-59(64)65-54-50-46-42-38-34-30-26-23-20-22-24-28-32-36-40-44-48-52-58(63)60-56(55-61)57(62)51-47-43-39-35-31-27-18-16-14-12-10-8-6-4-2/h11,13,17,19-20,23,56-57,61-62H,3-10,12,14-16,18,21-22,24-55H2,1-2H3,(H,60,63)/b13-11-,19-17-,23-20-. The van der Waals surface area contributed by atoms with Crippen molar-refractivity contribution in [3.8, 4) is 0 Å². The molecule has 1 amide bonds. The normalized spacial score (nSPS) is 12.9. The lowest BCUT2D eigenvalue weighted by molar-refractivity contribution is -0.143. The predicted octanol–water partition coefficient (Wildman–Crippen LogP) is 17.6. The Hall–Kier alpha value is -1.92. The van der Waals surface area contributed by atoms with E-state index in [0.717, 1.165) is 64.2 Å². The zero-order valence-electron chi connectivity index (χ0n) is 43.5. The molecule has 0 aromatic heterocycles. The van der Waals surface area contributed by atoms with Gasteiger partial charge in [-0.2, -0.15) is 0 Å². The number of unbranched alkanes of at least 4 members (excludes halogenated alkanes) is 36. The molecule has 2 unspecified atom stereocenters. The largest absolute Gasteiger partial charge is 0.466 e. The monoisotopic (exact) mass is 914 g/mol. The van der Waals surface area contributed by atoms with E-state index in [1.54, 1.807) is 0 Å². The number of hydrogen-bond donors (Lipinski definition) is 3. The Kier molecular flexibility index (Phi) is 53.1. The molecule has 6 nitrogen and oxygen atoms in total. The van der Waals surface area contributed by atoms with E-state index in [0.29, 0.717) is 25.9 Å². The summed E-state index contributed by atoms with van der Waals surface area (Å²) in [7, 11) is 0. The molecule has 0 aliphatic rings. The number of rotatable bonds is 53. The summed E-state index contributed by atoms with van der Waals surface area (Å²) in [6, 6.07) is -0.551. The number of carbonyl (C=O) groups excluding carboxylic acids is 2. The third kappa shape index (κ3) is 51.3. The molecule has 3 N–H and O–H groups in total. The molecule has 6 heteroatoms. The summed E-state index contributed by atoms with van der Waals surface area (Å²) in [5.41, 5.74) is 0. The second-order valence-electron chi connectivity index (χ2n) is 19.6. The van der Waals surface area contributed by atoms with E-state index in [2.05, 4.69) is 55.6 Å². The smallest absolute Gasteiger partial charge is 0.305 e. The van der Waals surface area contributed by atoms with Crippen LogP contribution in [-0.4, -0.2) is 47.4 Å². The van der Waals surface area contributed by atoms with Gasteiger partial charge in [0.1, 0.15) is 0 Å². The number of carbonyl (C=O) groups is 2. The average Bonchev–Trinajstić information content (AvgIpc) is 3.31. The van der Waals surface area contributed by atoms with E-state index in [-0.39, 0.29) is 18.5 Å². The zero-order chi connectivity index (χ0) is 47.2. The second kappa shape index (κ2) is 54.7. The van der Waals surface area contributed by atoms with E-state index < -0.39 is 12.1 Å². The summed E-state index contributed by atoms with van der Waals surface area (Å²) in [5, 5.41) is 23.2. The second-order valence-corrected chi connectivity index (χ2v) is 19.6. The van der Waals surface area contributed by atoms with Crippen molar-refractivity contribution in [3.05, 3.63) is 36.5 Å². The van der Waals surface area contributed by atoms with Crippen LogP contribution in [0.25, 0.3) is 0 Å². The summed E-state index contributed by atoms with van der Waals surface area (Å²) in [6.45, 7) is 4.91. The SMILES string of the molecule is CCCCC/C=C\C/C=C\CCCCCCCCCC(=O)OCCCCCCCC/C=C\CCCCCCCCCC(=O)NC(CO)C(O)CCCCCCCCCCCCCCCC. The number of aliphatic hydroxyl groups is 2. The maximum atomic E-state index is 12.5. The Bertz CT molecular complexity index is 1060. The molecular formula is C59H111NO5. The van der Waals surface area contributed by atoms with Crippen molar-refractivity contribution in [1.82, 2.24) is 5.32 Å². The fourth-order valence-electron chi connectivity index (χ4n) is 8.72. The number of ether oxygens (including phenoxy) is 1. The number of nitrogens with one attached hydrogen (secondary N) is 1. The van der Waals surface area contributed by atoms with Gasteiger partial charge in [0.05, 0.1) is 25.4 Å². The quantitative estimate of drug-likeness (QED) is 0.0321. The van der Waals surface area contributed by atoms with Crippen LogP contribution >= 0.6 is 0 Å². The van der Waals surface area contributed by atoms with Crippen molar-refractivity contribution in [2.24, 2.45) is 0 Å². The molecule has 0 saturated carbocycles. The average molecular weight is 915 g/mol. The fraction of sp³-hybridized carbons (Fsp3) is 0.864. The minimum absolute atomic E-state index is 0.00968. The highest BCUT2D eigenvalue weighted by Gasteiger charge is 2.20. The van der Waals surface area contributed by atoms with Gasteiger partial charge < -0.3 is 20.3 Å². The number of esters is 1. The molecule has 0 aromatic carbocycles. The van der Waals surface area contributed by atoms with Crippen LogP contribution < -0.4 is 5.32 Å². The third-order valence-corrected chi connectivity index (χ3v) is 13.2. The zero-order valence-corrected chi connectivity index (χ0v) is 43.5. The van der Waals surface area contributed by atoms with Gasteiger partial charge >= 0.3 is 5.97 Å². The first kappa shape index (κ1) is 63.1. The molecule has 0 heterocycles. The van der Waals surface area contributed by atoms with Gasteiger partial charge in [0.25, 0.3) is 0 Å². The molecule has 0 rings (SSSR count). The molecule has 0 aliphatic carbocycles. The van der Waals surface area contributed by atoms with Gasteiger partial charge in [-0.1, -0.05) is 243 Å². The number of allylic oxidation sites excluding steroid dienone is 6. The highest BCUT2D eigenvalue weighted by atomic mass is 16.5. The van der Waals surface area contributed by atoms with Crippen LogP contribution in [0.15, 0.2) is 36.5 Å². The maximum Gasteiger partial charge on any atom is 0.305 e. The first-order chi connectivity index (χ1) is 32.0. The molecule has 0 radical (unpaired) electrons. The molecule has 0 saturated heterocycles. The van der Waals surface area contributed by atoms with E-state index in [4.69, 9.17) is 4.74 Å². The molecule has 2 atom stereocenters. The van der Waals surface area contributed by atoms with Gasteiger partial charge in [0.2, 0.25) is 5.91 Å². The van der Waals surface area contributed by atoms with Gasteiger partial charge in [-0.25, -0.2) is 0 Å². The van der Waals surface area contributed by atoms with E-state index in [1.807, 2.05) is 0 Å². The van der Waals surface area contributed by atoms with Crippen LogP contribution in [0.2, 0.25) is 0 Å². The Morgan fingerprint density at radius 3 is 1.22 bits per heavy atom. The van der Waals surface area contributed by atoms with E-state index in [9.17, 15) is 19.8 Å². The van der Waals surface area contributed by atoms with Crippen LogP contribution in [-0.2, 0) is 14.3 Å². The molecule has 0 spiro atoms. The number of hydrogen-bond acceptors (Lipinski definition) is 5. The van der Waals surface area contributed by atoms with Crippen LogP contribution in [0.3, 0.4) is 0 Å². The van der Waals surface area contributed by atoms with Crippen molar-refractivity contribution in [2.75, 3.05) is 13.2 Å². The third-order valence-electron chi connectivity index (χ3n) is 13.2. The van der Waals surface area contributed by atoms with Gasteiger partial charge in [-0.05, 0) is 83.5 Å². The molecule has 0 bridgehead atoms. The highest BCUT2D eigenvalue weighted by molar-refractivity contribution is 5.76. The number of aliphatic hydroxyl groups excluding tert-OH is 2. The Labute approximate surface area is 404 Å². The number of amides is 1. The van der Waals surface area contributed by atoms with Crippen LogP contribution in [0, 0.1) is 0 Å². The molecule has 382 valence electrons. The van der Waals surface area contributed by atoms with Crippen molar-refractivity contribution in [3.63, 3.8) is 0 Å². The molecule has 0 fully saturated rings. The minimum Gasteiger partial charge on any atom is -0.466 e. The molecule has 65 heavy (non-hydrogen) atoms. The summed E-state index contributed by atoms with van der Waals surface area (Å²) in [6.07, 6.45) is 67.0. The van der Waals surface area contributed by atoms with E-state index in [1.165, 1.54) is 205 Å². The summed E-state index contributed by atoms with van der Waals surface area (Å²) in [4.78, 5) is 24.5. The Morgan fingerprint density at radius 2 is 0.769 bits per heavy atom. The van der Waals surface area contributed by atoms with Crippen LogP contribution in [0.4, 0.5) is 0 Å². The van der Waals surface area contributed by atoms with Gasteiger partial charge in [0, 0.05) is 12.8 Å². The lowest BCUT2D eigenvalue weighted by Gasteiger charge is -2.22. The van der Waals surface area contributed by atoms with Crippen molar-refractivity contribution < 1.29 is 24.5 Å². The summed E-state index contributed by atoms with van der Waals surface area (Å²) >= 11 is 0. The molecular weight excluding hydrogens is 803 g/mol. The minimum atomic E-state index is -0.672. The summed E-state index contributed by atoms with van der Waals surface area (Å²) in [5.74, 6) is -0.0567. The van der Waals surface area contributed by atoms with Crippen LogP contribution in [0.5, 0.6) is 0 Å². The Balaban J connectivity index is 3.45. The van der Waals surface area contributed by atoms with Gasteiger partial charge in [-0.3, -0.25) is 9.59 Å². The Morgan fingerprint density at radius 1 is 0.431 bits per heavy atom. The van der Waals surface area contributed by atoms with E-state index >= 15 is 0 Å². The molecule has 0 aromatic rings. The first-order valence-electron chi connectivity index (χ1n) is 28.7. The predicted molar refractivity (Wildman–Crippen MR) is 283 cm³/mol. The fourth-order valence-corrected chi connectivity index (χ4v) is 8.72. The summed E-state index contributed by atoms with van der Waals surface area (Å²) < 4.78 is 5.47. The van der Waals surface area contributed by atoms with Crippen molar-refractivity contribution in [2.45, 2.75) is 315 Å². The van der Waals surface area contributed by atoms with Crippen LogP contribution in [0.1, 0.15) is 303 Å². The lowest BCUT2D eigenvalue weighted by atomic mass is 10.0. The topological polar surface area (TPSA) is 95.9 Å².